The van der Waals surface area contributed by atoms with Crippen LogP contribution in [0.1, 0.15) is 37.8 Å². The molecule has 0 radical (unpaired) electrons. The highest BCUT2D eigenvalue weighted by atomic mass is 35.5. The number of nitrogens with one attached hydrogen (secondary N) is 1. The molecule has 0 saturated carbocycles. The van der Waals surface area contributed by atoms with Crippen LogP contribution in [-0.4, -0.2) is 24.2 Å². The molecule has 0 aliphatic carbocycles. The van der Waals surface area contributed by atoms with Crippen LogP contribution in [0.25, 0.3) is 0 Å². The standard InChI is InChI=1S/C16H24ClNO2/c1-12-4-5-13(10-14(12)17)6-7-15(20)18-11-16(2,3)8-9-19/h4-5,10,19H,6-9,11H2,1-3H3,(H,18,20). The molecule has 0 aliphatic heterocycles. The van der Waals surface area contributed by atoms with E-state index >= 15 is 0 Å². The summed E-state index contributed by atoms with van der Waals surface area (Å²) in [5, 5.41) is 12.6. The van der Waals surface area contributed by atoms with Crippen LogP contribution in [0.15, 0.2) is 18.2 Å². The molecule has 20 heavy (non-hydrogen) atoms. The predicted molar refractivity (Wildman–Crippen MR) is 83.0 cm³/mol. The molecule has 4 heteroatoms. The van der Waals surface area contributed by atoms with Crippen molar-refractivity contribution >= 4 is 17.5 Å². The summed E-state index contributed by atoms with van der Waals surface area (Å²) in [4.78, 5) is 11.8. The Bertz CT molecular complexity index is 458. The van der Waals surface area contributed by atoms with Crippen molar-refractivity contribution in [3.63, 3.8) is 0 Å². The Morgan fingerprint density at radius 2 is 2.10 bits per heavy atom. The van der Waals surface area contributed by atoms with Gasteiger partial charge < -0.3 is 10.4 Å². The fourth-order valence-corrected chi connectivity index (χ4v) is 2.07. The summed E-state index contributed by atoms with van der Waals surface area (Å²) < 4.78 is 0. The molecule has 112 valence electrons. The summed E-state index contributed by atoms with van der Waals surface area (Å²) in [6, 6.07) is 5.89. The van der Waals surface area contributed by atoms with Crippen LogP contribution in [0.3, 0.4) is 0 Å². The molecule has 1 rings (SSSR count). The van der Waals surface area contributed by atoms with Crippen LogP contribution >= 0.6 is 11.6 Å². The molecule has 0 aliphatic rings. The van der Waals surface area contributed by atoms with Gasteiger partial charge in [0.2, 0.25) is 5.91 Å². The van der Waals surface area contributed by atoms with Crippen molar-refractivity contribution in [2.45, 2.75) is 40.0 Å². The van der Waals surface area contributed by atoms with Crippen LogP contribution in [0.4, 0.5) is 0 Å². The Morgan fingerprint density at radius 1 is 1.40 bits per heavy atom. The number of aryl methyl sites for hydroxylation is 2. The normalized spacial score (nSPS) is 11.4. The smallest absolute Gasteiger partial charge is 0.220 e. The van der Waals surface area contributed by atoms with Crippen LogP contribution in [-0.2, 0) is 11.2 Å². The number of aliphatic hydroxyl groups excluding tert-OH is 1. The van der Waals surface area contributed by atoms with Crippen molar-refractivity contribution < 1.29 is 9.90 Å². The Labute approximate surface area is 126 Å². The molecular weight excluding hydrogens is 274 g/mol. The van der Waals surface area contributed by atoms with Gasteiger partial charge in [0.05, 0.1) is 0 Å². The van der Waals surface area contributed by atoms with Crippen molar-refractivity contribution in [2.24, 2.45) is 5.41 Å². The van der Waals surface area contributed by atoms with E-state index in [0.29, 0.717) is 25.8 Å². The fraction of sp³-hybridized carbons (Fsp3) is 0.562. The molecule has 0 aromatic heterocycles. The van der Waals surface area contributed by atoms with Gasteiger partial charge in [-0.25, -0.2) is 0 Å². The molecule has 0 fully saturated rings. The van der Waals surface area contributed by atoms with Crippen molar-refractivity contribution in [3.8, 4) is 0 Å². The largest absolute Gasteiger partial charge is 0.396 e. The van der Waals surface area contributed by atoms with E-state index in [1.807, 2.05) is 39.0 Å². The Morgan fingerprint density at radius 3 is 2.70 bits per heavy atom. The molecule has 0 atom stereocenters. The maximum absolute atomic E-state index is 11.8. The Balaban J connectivity index is 2.38. The van der Waals surface area contributed by atoms with Gasteiger partial charge in [-0.1, -0.05) is 37.6 Å². The quantitative estimate of drug-likeness (QED) is 0.812. The van der Waals surface area contributed by atoms with Crippen LogP contribution in [0.5, 0.6) is 0 Å². The molecule has 1 amide bonds. The fourth-order valence-electron chi connectivity index (χ4n) is 1.87. The zero-order valence-electron chi connectivity index (χ0n) is 12.5. The molecule has 1 aromatic carbocycles. The second-order valence-electron chi connectivity index (χ2n) is 6.00. The van der Waals surface area contributed by atoms with E-state index in [4.69, 9.17) is 16.7 Å². The predicted octanol–water partition coefficient (Wildman–Crippen LogP) is 3.11. The first-order valence-corrected chi connectivity index (χ1v) is 7.34. The summed E-state index contributed by atoms with van der Waals surface area (Å²) in [6.07, 6.45) is 1.82. The van der Waals surface area contributed by atoms with Crippen LogP contribution < -0.4 is 5.32 Å². The number of hydrogen-bond donors (Lipinski definition) is 2. The average Bonchev–Trinajstić information content (AvgIpc) is 2.38. The average molecular weight is 298 g/mol. The highest BCUT2D eigenvalue weighted by molar-refractivity contribution is 6.31. The topological polar surface area (TPSA) is 49.3 Å². The van der Waals surface area contributed by atoms with Gasteiger partial charge in [0, 0.05) is 24.6 Å². The summed E-state index contributed by atoms with van der Waals surface area (Å²) in [5.74, 6) is 0.0349. The first kappa shape index (κ1) is 17.0. The molecular formula is C16H24ClNO2. The van der Waals surface area contributed by atoms with Gasteiger partial charge in [0.15, 0.2) is 0 Å². The van der Waals surface area contributed by atoms with Crippen LogP contribution in [0.2, 0.25) is 5.02 Å². The first-order valence-electron chi connectivity index (χ1n) is 6.97. The maximum atomic E-state index is 11.8. The third-order valence-electron chi connectivity index (χ3n) is 3.43. The van der Waals surface area contributed by atoms with Gasteiger partial charge in [0.25, 0.3) is 0 Å². The van der Waals surface area contributed by atoms with Gasteiger partial charge in [0.1, 0.15) is 0 Å². The SMILES string of the molecule is Cc1ccc(CCC(=O)NCC(C)(C)CCO)cc1Cl. The number of aliphatic hydroxyl groups is 1. The lowest BCUT2D eigenvalue weighted by Crippen LogP contribution is -2.34. The molecule has 0 spiro atoms. The first-order chi connectivity index (χ1) is 9.34. The number of halogens is 1. The molecule has 1 aromatic rings. The second-order valence-corrected chi connectivity index (χ2v) is 6.41. The Kier molecular flexibility index (Phi) is 6.50. The van der Waals surface area contributed by atoms with Crippen molar-refractivity contribution in [1.82, 2.24) is 5.32 Å². The second kappa shape index (κ2) is 7.65. The van der Waals surface area contributed by atoms with Crippen molar-refractivity contribution in [2.75, 3.05) is 13.2 Å². The zero-order chi connectivity index (χ0) is 15.2. The number of carbonyl (C=O) groups excluding carboxylic acids is 1. The zero-order valence-corrected chi connectivity index (χ0v) is 13.3. The summed E-state index contributed by atoms with van der Waals surface area (Å²) in [6.45, 7) is 6.75. The van der Waals surface area contributed by atoms with Gasteiger partial charge in [-0.3, -0.25) is 4.79 Å². The van der Waals surface area contributed by atoms with E-state index in [1.54, 1.807) is 0 Å². The van der Waals surface area contributed by atoms with E-state index in [9.17, 15) is 4.79 Å². The third kappa shape index (κ3) is 5.93. The van der Waals surface area contributed by atoms with Crippen molar-refractivity contribution in [3.05, 3.63) is 34.3 Å². The lowest BCUT2D eigenvalue weighted by atomic mass is 9.90. The Hall–Kier alpha value is -1.06. The van der Waals surface area contributed by atoms with E-state index in [-0.39, 0.29) is 17.9 Å². The minimum Gasteiger partial charge on any atom is -0.396 e. The van der Waals surface area contributed by atoms with E-state index in [2.05, 4.69) is 5.32 Å². The van der Waals surface area contributed by atoms with Gasteiger partial charge in [-0.05, 0) is 42.4 Å². The monoisotopic (exact) mass is 297 g/mol. The van der Waals surface area contributed by atoms with Crippen molar-refractivity contribution in [1.29, 1.82) is 0 Å². The van der Waals surface area contributed by atoms with Gasteiger partial charge in [-0.15, -0.1) is 0 Å². The number of carbonyl (C=O) groups is 1. The number of benzene rings is 1. The molecule has 3 nitrogen and oxygen atoms in total. The minimum atomic E-state index is -0.0718. The molecule has 0 bridgehead atoms. The summed E-state index contributed by atoms with van der Waals surface area (Å²) in [5.41, 5.74) is 2.05. The lowest BCUT2D eigenvalue weighted by Gasteiger charge is -2.23. The minimum absolute atomic E-state index is 0.0349. The highest BCUT2D eigenvalue weighted by Crippen LogP contribution is 2.19. The van der Waals surface area contributed by atoms with E-state index < -0.39 is 0 Å². The van der Waals surface area contributed by atoms with Gasteiger partial charge >= 0.3 is 0 Å². The number of amides is 1. The van der Waals surface area contributed by atoms with Crippen LogP contribution in [0, 0.1) is 12.3 Å². The molecule has 0 unspecified atom stereocenters. The summed E-state index contributed by atoms with van der Waals surface area (Å²) in [7, 11) is 0. The highest BCUT2D eigenvalue weighted by Gasteiger charge is 2.17. The molecule has 0 heterocycles. The number of rotatable bonds is 7. The van der Waals surface area contributed by atoms with E-state index in [0.717, 1.165) is 16.1 Å². The van der Waals surface area contributed by atoms with E-state index in [1.165, 1.54) is 0 Å². The number of hydrogen-bond acceptors (Lipinski definition) is 2. The maximum Gasteiger partial charge on any atom is 0.220 e. The lowest BCUT2D eigenvalue weighted by molar-refractivity contribution is -0.121. The third-order valence-corrected chi connectivity index (χ3v) is 3.84. The molecule has 2 N–H and O–H groups in total. The van der Waals surface area contributed by atoms with Gasteiger partial charge in [-0.2, -0.15) is 0 Å². The molecule has 0 saturated heterocycles. The summed E-state index contributed by atoms with van der Waals surface area (Å²) >= 11 is 6.06.